The molecule has 3 aromatic rings. The maximum atomic E-state index is 12.2. The lowest BCUT2D eigenvalue weighted by Gasteiger charge is -2.59. The second-order valence-corrected chi connectivity index (χ2v) is 25.8. The van der Waals surface area contributed by atoms with Gasteiger partial charge in [-0.15, -0.1) is 0 Å². The summed E-state index contributed by atoms with van der Waals surface area (Å²) in [6.45, 7) is 52.2. The Morgan fingerprint density at radius 3 is 1.33 bits per heavy atom. The van der Waals surface area contributed by atoms with Gasteiger partial charge in [0.15, 0.2) is 0 Å². The highest BCUT2D eigenvalue weighted by atomic mass is 16.7. The molecule has 5 aliphatic carbocycles. The Bertz CT molecular complexity index is 2820. The summed E-state index contributed by atoms with van der Waals surface area (Å²) in [5.41, 5.74) is 1.27. The summed E-state index contributed by atoms with van der Waals surface area (Å²) in [6.07, 6.45) is 14.4. The van der Waals surface area contributed by atoms with E-state index in [0.717, 1.165) is 63.0 Å². The molecule has 0 aliphatic heterocycles. The largest absolute Gasteiger partial charge is 0.509 e. The second kappa shape index (κ2) is 37.2. The molecule has 15 heteroatoms. The zero-order valence-corrected chi connectivity index (χ0v) is 55.4. The molecule has 4 bridgehead atoms. The van der Waals surface area contributed by atoms with Crippen LogP contribution < -0.4 is 4.74 Å². The predicted molar refractivity (Wildman–Crippen MR) is 357 cm³/mol. The molecule has 5 fully saturated rings. The molecule has 5 aliphatic rings. The smallest absolute Gasteiger partial charge is 0.508 e. The number of hydrogen-bond donors (Lipinski definition) is 2. The predicted octanol–water partition coefficient (Wildman–Crippen LogP) is 17.9. The minimum absolute atomic E-state index is 0. The van der Waals surface area contributed by atoms with Crippen molar-refractivity contribution >= 4 is 48.2 Å². The van der Waals surface area contributed by atoms with Crippen LogP contribution in [0.25, 0.3) is 12.2 Å². The van der Waals surface area contributed by atoms with E-state index in [1.807, 2.05) is 111 Å². The minimum atomic E-state index is -0.620. The summed E-state index contributed by atoms with van der Waals surface area (Å²) in [5.74, 6) is 0.364. The molecule has 8 rings (SSSR count). The Morgan fingerprint density at radius 1 is 0.562 bits per heavy atom. The quantitative estimate of drug-likeness (QED) is 0.0666. The van der Waals surface area contributed by atoms with E-state index < -0.39 is 34.5 Å². The van der Waals surface area contributed by atoms with Gasteiger partial charge in [-0.2, -0.15) is 0 Å². The van der Waals surface area contributed by atoms with Gasteiger partial charge in [0.1, 0.15) is 50.9 Å². The fourth-order valence-corrected chi connectivity index (χ4v) is 9.77. The lowest BCUT2D eigenvalue weighted by molar-refractivity contribution is -0.222. The number of rotatable bonds is 14. The van der Waals surface area contributed by atoms with Crippen LogP contribution in [-0.4, -0.2) is 79.8 Å². The maximum Gasteiger partial charge on any atom is 0.509 e. The van der Waals surface area contributed by atoms with Crippen molar-refractivity contribution in [1.82, 2.24) is 0 Å². The van der Waals surface area contributed by atoms with Crippen LogP contribution in [0.15, 0.2) is 153 Å². The van der Waals surface area contributed by atoms with Crippen LogP contribution in [0.1, 0.15) is 193 Å². The number of benzene rings is 3. The molecule has 89 heavy (non-hydrogen) atoms. The molecule has 5 saturated carbocycles. The zero-order chi connectivity index (χ0) is 67.4. The number of phenols is 2. The van der Waals surface area contributed by atoms with Gasteiger partial charge in [-0.05, 0) is 213 Å². The van der Waals surface area contributed by atoms with Gasteiger partial charge in [-0.1, -0.05) is 129 Å². The molecule has 2 unspecified atom stereocenters. The van der Waals surface area contributed by atoms with E-state index in [9.17, 15) is 28.8 Å². The fraction of sp³-hybridized carbons (Fsp3) is 0.486. The highest BCUT2D eigenvalue weighted by Gasteiger charge is 2.62. The maximum absolute atomic E-state index is 12.2. The van der Waals surface area contributed by atoms with Crippen LogP contribution in [0.5, 0.6) is 17.2 Å². The minimum Gasteiger partial charge on any atom is -0.508 e. The van der Waals surface area contributed by atoms with E-state index in [4.69, 9.17) is 43.4 Å². The lowest BCUT2D eigenvalue weighted by atomic mass is 9.52. The molecule has 2 N–H and O–H groups in total. The SMILES string of the molecule is C.C=C(C)C(=O)OC(C)(C)CC.C=C(C)C(=O)OC1(C(C)C)CCCC1.C=C(C)C(=O)OC12CC3CC(CC(OC(=O)OC(C)(C)C)(C3)C1)C2.C=C(C)C(=O)Oc1ccc(O)cc1.C=CC(=O)OC(C)(C)C.C=Cc1ccc(O)cc1.C=Cc1ccccc1. The van der Waals surface area contributed by atoms with Crippen molar-refractivity contribution in [3.8, 4) is 17.2 Å². The van der Waals surface area contributed by atoms with Gasteiger partial charge in [-0.25, -0.2) is 28.8 Å². The molecule has 3 aromatic carbocycles. The normalized spacial score (nSPS) is 18.5. The standard InChI is InChI=1S/C19H28O5.C12H20O2.C10H10O3.C9H16O2.C8H8O.C8H8.C7H12O2.CH4/c1-12(2)15(20)22-18-7-13-6-14(8-18)10-19(9-13,11-18)24-16(21)23-17(3,4)5;1-9(2)11(13)14-12(10(3)4)7-5-6-8-12;1-7(2)10(12)13-9-5-3-8(11)4-6-9;1-6-9(4,5)11-8(10)7(2)3;1-2-7-3-5-8(9)6-4-7;1-2-8-6-4-3-5-7-8;1-5-6(8)9-7(2,3)4;/h13-14H,1,6-11H2,2-5H3;10H,1,5-8H2,2-4H3;3-6,11H,1H2,2H3;2,6H2,1,3-5H3;2-6,9H,1H2;2-7H,1H2;5H,1H2,2-4H3;1H4. The van der Waals surface area contributed by atoms with Crippen molar-refractivity contribution < 1.29 is 72.1 Å². The average molecular weight is 1240 g/mol. The van der Waals surface area contributed by atoms with E-state index in [-0.39, 0.29) is 48.3 Å². The van der Waals surface area contributed by atoms with Crippen molar-refractivity contribution in [1.29, 1.82) is 0 Å². The van der Waals surface area contributed by atoms with Crippen molar-refractivity contribution in [2.45, 2.75) is 216 Å². The number of carbonyl (C=O) groups excluding carboxylic acids is 6. The van der Waals surface area contributed by atoms with Crippen molar-refractivity contribution in [2.75, 3.05) is 0 Å². The molecule has 0 heterocycles. The van der Waals surface area contributed by atoms with E-state index in [1.165, 1.54) is 42.7 Å². The number of hydrogen-bond acceptors (Lipinski definition) is 15. The van der Waals surface area contributed by atoms with E-state index >= 15 is 0 Å². The number of aromatic hydroxyl groups is 2. The molecule has 0 amide bonds. The summed E-state index contributed by atoms with van der Waals surface area (Å²) in [4.78, 5) is 68.3. The van der Waals surface area contributed by atoms with E-state index in [2.05, 4.69) is 59.9 Å². The van der Waals surface area contributed by atoms with Crippen molar-refractivity contribution in [3.05, 3.63) is 164 Å². The average Bonchev–Trinajstić information content (AvgIpc) is 1.05. The van der Waals surface area contributed by atoms with Crippen LogP contribution in [-0.2, 0) is 52.4 Å². The lowest BCUT2D eigenvalue weighted by Crippen LogP contribution is -2.62. The van der Waals surface area contributed by atoms with Crippen LogP contribution in [0, 0.1) is 17.8 Å². The molecular formula is C74H106O15. The first-order chi connectivity index (χ1) is 40.7. The molecule has 0 radical (unpaired) electrons. The third-order valence-electron chi connectivity index (χ3n) is 14.1. The molecule has 0 aromatic heterocycles. The number of carbonyl (C=O) groups is 6. The topological polar surface area (TPSA) is 207 Å². The summed E-state index contributed by atoms with van der Waals surface area (Å²) < 4.78 is 37.4. The van der Waals surface area contributed by atoms with Gasteiger partial charge >= 0.3 is 36.0 Å². The van der Waals surface area contributed by atoms with Gasteiger partial charge < -0.3 is 43.4 Å². The summed E-state index contributed by atoms with van der Waals surface area (Å²) in [5, 5.41) is 17.8. The first kappa shape index (κ1) is 81.1. The van der Waals surface area contributed by atoms with E-state index in [0.29, 0.717) is 58.0 Å². The van der Waals surface area contributed by atoms with Crippen LogP contribution in [0.3, 0.4) is 0 Å². The van der Waals surface area contributed by atoms with Gasteiger partial charge in [-0.3, -0.25) is 0 Å². The number of phenolic OH excluding ortho intramolecular Hbond substituents is 2. The second-order valence-electron chi connectivity index (χ2n) is 25.8. The Morgan fingerprint density at radius 2 is 0.966 bits per heavy atom. The van der Waals surface area contributed by atoms with Gasteiger partial charge in [0.05, 0.1) is 0 Å². The summed E-state index contributed by atoms with van der Waals surface area (Å²) in [7, 11) is 0. The zero-order valence-electron chi connectivity index (χ0n) is 55.4. The first-order valence-electron chi connectivity index (χ1n) is 29.9. The first-order valence-corrected chi connectivity index (χ1v) is 29.9. The van der Waals surface area contributed by atoms with Crippen LogP contribution in [0.2, 0.25) is 0 Å². The van der Waals surface area contributed by atoms with Gasteiger partial charge in [0, 0.05) is 34.8 Å². The summed E-state index contributed by atoms with van der Waals surface area (Å²) >= 11 is 0. The van der Waals surface area contributed by atoms with E-state index in [1.54, 1.807) is 45.9 Å². The molecule has 0 saturated heterocycles. The van der Waals surface area contributed by atoms with Crippen molar-refractivity contribution in [2.24, 2.45) is 17.8 Å². The molecule has 492 valence electrons. The number of ether oxygens (including phenoxy) is 7. The molecule has 0 spiro atoms. The van der Waals surface area contributed by atoms with Crippen LogP contribution >= 0.6 is 0 Å². The third kappa shape index (κ3) is 31.7. The Labute approximate surface area is 533 Å². The summed E-state index contributed by atoms with van der Waals surface area (Å²) in [6, 6.07) is 22.8. The highest BCUT2D eigenvalue weighted by molar-refractivity contribution is 5.89. The molecule has 15 nitrogen and oxygen atoms in total. The van der Waals surface area contributed by atoms with Crippen LogP contribution in [0.4, 0.5) is 4.79 Å². The fourth-order valence-electron chi connectivity index (χ4n) is 9.77. The Hall–Kier alpha value is -7.94. The van der Waals surface area contributed by atoms with Crippen molar-refractivity contribution in [3.63, 3.8) is 0 Å². The van der Waals surface area contributed by atoms with Gasteiger partial charge in [0.2, 0.25) is 0 Å². The Balaban J connectivity index is 0.00000105. The molecular weight excluding hydrogens is 1130 g/mol. The number of esters is 5. The third-order valence-corrected chi connectivity index (χ3v) is 14.1. The molecule has 2 atom stereocenters. The Kier molecular flexibility index (Phi) is 33.8. The highest BCUT2D eigenvalue weighted by Crippen LogP contribution is 2.60. The monoisotopic (exact) mass is 1230 g/mol. The van der Waals surface area contributed by atoms with Gasteiger partial charge in [0.25, 0.3) is 0 Å².